The second-order valence-electron chi connectivity index (χ2n) is 7.37. The molecule has 0 spiro atoms. The van der Waals surface area contributed by atoms with Crippen LogP contribution in [0.3, 0.4) is 0 Å². The van der Waals surface area contributed by atoms with Crippen molar-refractivity contribution in [3.63, 3.8) is 0 Å². The molecule has 0 bridgehead atoms. The molecule has 2 aromatic rings. The van der Waals surface area contributed by atoms with Crippen molar-refractivity contribution in [2.24, 2.45) is 0 Å². The van der Waals surface area contributed by atoms with Gasteiger partial charge in [-0.25, -0.2) is 8.42 Å². The third kappa shape index (κ3) is 6.60. The lowest BCUT2D eigenvalue weighted by Crippen LogP contribution is -2.51. The fraction of sp³-hybridized carbons (Fsp3) is 0.364. The number of nitrogens with one attached hydrogen (secondary N) is 1. The molecule has 32 heavy (non-hydrogen) atoms. The Bertz CT molecular complexity index is 1080. The minimum atomic E-state index is -3.81. The van der Waals surface area contributed by atoms with E-state index in [1.165, 1.54) is 4.90 Å². The minimum absolute atomic E-state index is 0.112. The van der Waals surface area contributed by atoms with E-state index < -0.39 is 28.5 Å². The number of benzene rings is 2. The molecule has 0 unspecified atom stereocenters. The summed E-state index contributed by atoms with van der Waals surface area (Å²) in [6, 6.07) is 10.9. The van der Waals surface area contributed by atoms with Gasteiger partial charge in [0.15, 0.2) is 0 Å². The van der Waals surface area contributed by atoms with Crippen molar-refractivity contribution in [1.29, 1.82) is 0 Å². The molecule has 0 aliphatic carbocycles. The Balaban J connectivity index is 2.42. The fourth-order valence-electron chi connectivity index (χ4n) is 3.15. The van der Waals surface area contributed by atoms with Crippen LogP contribution >= 0.6 is 23.2 Å². The van der Waals surface area contributed by atoms with E-state index in [2.05, 4.69) is 5.32 Å². The maximum absolute atomic E-state index is 13.4. The summed E-state index contributed by atoms with van der Waals surface area (Å²) < 4.78 is 26.2. The molecule has 10 heteroatoms. The van der Waals surface area contributed by atoms with Gasteiger partial charge in [-0.1, -0.05) is 41.4 Å². The van der Waals surface area contributed by atoms with E-state index in [0.29, 0.717) is 27.8 Å². The van der Waals surface area contributed by atoms with Gasteiger partial charge in [0.25, 0.3) is 0 Å². The van der Waals surface area contributed by atoms with Gasteiger partial charge in [0.2, 0.25) is 21.8 Å². The van der Waals surface area contributed by atoms with E-state index in [-0.39, 0.29) is 12.5 Å². The van der Waals surface area contributed by atoms with Gasteiger partial charge in [0, 0.05) is 23.1 Å². The van der Waals surface area contributed by atoms with Gasteiger partial charge in [-0.05, 0) is 56.2 Å². The largest absolute Gasteiger partial charge is 0.355 e. The smallest absolute Gasteiger partial charge is 0.244 e. The Morgan fingerprint density at radius 1 is 1.09 bits per heavy atom. The van der Waals surface area contributed by atoms with Gasteiger partial charge in [-0.2, -0.15) is 0 Å². The lowest BCUT2D eigenvalue weighted by molar-refractivity contribution is -0.139. The molecular formula is C22H27Cl2N3O4S. The highest BCUT2D eigenvalue weighted by Crippen LogP contribution is 2.28. The number of hydrogen-bond acceptors (Lipinski definition) is 4. The first kappa shape index (κ1) is 26.0. The molecule has 7 nitrogen and oxygen atoms in total. The van der Waals surface area contributed by atoms with Crippen LogP contribution in [0.2, 0.25) is 10.0 Å². The Morgan fingerprint density at radius 3 is 2.28 bits per heavy atom. The van der Waals surface area contributed by atoms with Gasteiger partial charge in [-0.3, -0.25) is 13.9 Å². The summed E-state index contributed by atoms with van der Waals surface area (Å²) in [6.07, 6.45) is 1.03. The van der Waals surface area contributed by atoms with Crippen molar-refractivity contribution in [2.45, 2.75) is 33.4 Å². The zero-order chi connectivity index (χ0) is 24.1. The van der Waals surface area contributed by atoms with Crippen molar-refractivity contribution in [3.8, 4) is 0 Å². The first-order valence-electron chi connectivity index (χ1n) is 10.00. The molecule has 0 radical (unpaired) electrons. The van der Waals surface area contributed by atoms with Crippen LogP contribution in [-0.4, -0.2) is 50.5 Å². The number of carbonyl (C=O) groups excluding carboxylic acids is 2. The summed E-state index contributed by atoms with van der Waals surface area (Å²) in [7, 11) is -3.81. The predicted molar refractivity (Wildman–Crippen MR) is 129 cm³/mol. The molecule has 1 N–H and O–H groups in total. The van der Waals surface area contributed by atoms with Crippen LogP contribution in [-0.2, 0) is 26.2 Å². The molecule has 0 saturated heterocycles. The van der Waals surface area contributed by atoms with Crippen LogP contribution in [0.1, 0.15) is 25.0 Å². The van der Waals surface area contributed by atoms with Crippen molar-refractivity contribution in [2.75, 3.05) is 23.7 Å². The second-order valence-corrected chi connectivity index (χ2v) is 10.1. The van der Waals surface area contributed by atoms with E-state index in [0.717, 1.165) is 16.1 Å². The average molecular weight is 500 g/mol. The summed E-state index contributed by atoms with van der Waals surface area (Å²) >= 11 is 12.1. The van der Waals surface area contributed by atoms with E-state index in [1.807, 2.05) is 0 Å². The topological polar surface area (TPSA) is 86.8 Å². The Morgan fingerprint density at radius 2 is 1.72 bits per heavy atom. The molecule has 2 aromatic carbocycles. The molecule has 0 saturated carbocycles. The quantitative estimate of drug-likeness (QED) is 0.570. The third-order valence-corrected chi connectivity index (χ3v) is 6.76. The van der Waals surface area contributed by atoms with Crippen LogP contribution in [0.15, 0.2) is 42.5 Å². The van der Waals surface area contributed by atoms with Crippen molar-refractivity contribution in [3.05, 3.63) is 63.6 Å². The van der Waals surface area contributed by atoms with Gasteiger partial charge < -0.3 is 10.2 Å². The van der Waals surface area contributed by atoms with Crippen molar-refractivity contribution in [1.82, 2.24) is 10.2 Å². The molecule has 0 heterocycles. The number of rotatable bonds is 9. The Hall–Kier alpha value is -2.29. The number of halogens is 2. The number of carbonyl (C=O) groups is 2. The lowest BCUT2D eigenvalue weighted by atomic mass is 10.1. The van der Waals surface area contributed by atoms with Crippen LogP contribution in [0, 0.1) is 6.92 Å². The summed E-state index contributed by atoms with van der Waals surface area (Å²) in [5.74, 6) is -0.858. The van der Waals surface area contributed by atoms with Gasteiger partial charge in [0.05, 0.1) is 11.9 Å². The fourth-order valence-corrected chi connectivity index (χ4v) is 4.35. The molecule has 0 aromatic heterocycles. The highest BCUT2D eigenvalue weighted by Gasteiger charge is 2.30. The molecule has 0 aliphatic rings. The number of sulfonamides is 1. The number of likely N-dealkylation sites (N-methyl/N-ethyl adjacent to an activating group) is 1. The van der Waals surface area contributed by atoms with Crippen molar-refractivity contribution < 1.29 is 18.0 Å². The normalized spacial score (nSPS) is 12.2. The second kappa shape index (κ2) is 11.0. The van der Waals surface area contributed by atoms with Crippen LogP contribution in [0.5, 0.6) is 0 Å². The van der Waals surface area contributed by atoms with Gasteiger partial charge in [0.1, 0.15) is 12.6 Å². The number of nitrogens with zero attached hydrogens (tertiary/aromatic N) is 2. The summed E-state index contributed by atoms with van der Waals surface area (Å²) in [5, 5.41) is 3.64. The highest BCUT2D eigenvalue weighted by molar-refractivity contribution is 7.92. The van der Waals surface area contributed by atoms with Gasteiger partial charge >= 0.3 is 0 Å². The van der Waals surface area contributed by atoms with E-state index >= 15 is 0 Å². The SMILES string of the molecule is CCNC(=O)[C@H](C)N(Cc1ccc(Cl)cc1)C(=O)CN(c1cccc(Cl)c1C)S(C)(=O)=O. The summed E-state index contributed by atoms with van der Waals surface area (Å²) in [6.45, 7) is 5.11. The molecule has 0 aliphatic heterocycles. The predicted octanol–water partition coefficient (Wildman–Crippen LogP) is 3.62. The molecule has 2 amide bonds. The Labute approximate surface area is 199 Å². The molecule has 174 valence electrons. The molecule has 2 rings (SSSR count). The molecular weight excluding hydrogens is 473 g/mol. The maximum atomic E-state index is 13.4. The monoisotopic (exact) mass is 499 g/mol. The van der Waals surface area contributed by atoms with Crippen LogP contribution in [0.25, 0.3) is 0 Å². The van der Waals surface area contributed by atoms with Crippen molar-refractivity contribution >= 4 is 50.7 Å². The lowest BCUT2D eigenvalue weighted by Gasteiger charge is -2.32. The Kier molecular flexibility index (Phi) is 8.95. The number of hydrogen-bond donors (Lipinski definition) is 1. The van der Waals surface area contributed by atoms with E-state index in [9.17, 15) is 18.0 Å². The maximum Gasteiger partial charge on any atom is 0.244 e. The zero-order valence-corrected chi connectivity index (χ0v) is 20.8. The third-order valence-electron chi connectivity index (χ3n) is 4.97. The summed E-state index contributed by atoms with van der Waals surface area (Å²) in [4.78, 5) is 27.2. The highest BCUT2D eigenvalue weighted by atomic mass is 35.5. The summed E-state index contributed by atoms with van der Waals surface area (Å²) in [5.41, 5.74) is 1.60. The average Bonchev–Trinajstić information content (AvgIpc) is 2.72. The molecule has 1 atom stereocenters. The molecule has 0 fully saturated rings. The standard InChI is InChI=1S/C22H27Cl2N3O4S/c1-5-25-22(29)16(3)26(13-17-9-11-18(23)12-10-17)21(28)14-27(32(4,30)31)20-8-6-7-19(24)15(20)2/h6-12,16H,5,13-14H2,1-4H3,(H,25,29)/t16-/m0/s1. The minimum Gasteiger partial charge on any atom is -0.355 e. The van der Waals surface area contributed by atoms with Crippen LogP contribution in [0.4, 0.5) is 5.69 Å². The zero-order valence-electron chi connectivity index (χ0n) is 18.4. The number of amides is 2. The first-order valence-corrected chi connectivity index (χ1v) is 12.6. The first-order chi connectivity index (χ1) is 15.0. The van der Waals surface area contributed by atoms with E-state index in [4.69, 9.17) is 23.2 Å². The van der Waals surface area contributed by atoms with E-state index in [1.54, 1.807) is 63.2 Å². The van der Waals surface area contributed by atoms with Crippen LogP contribution < -0.4 is 9.62 Å². The van der Waals surface area contributed by atoms with Gasteiger partial charge in [-0.15, -0.1) is 0 Å². The number of anilines is 1.